The van der Waals surface area contributed by atoms with Gasteiger partial charge < -0.3 is 20.1 Å². The summed E-state index contributed by atoms with van der Waals surface area (Å²) in [6.45, 7) is 1.41. The fraction of sp³-hybridized carbons (Fsp3) is 0.333. The van der Waals surface area contributed by atoms with Gasteiger partial charge in [0.1, 0.15) is 52.6 Å². The molecule has 2 aliphatic heterocycles. The molecule has 2 aromatic heterocycles. The van der Waals surface area contributed by atoms with Crippen molar-refractivity contribution in [2.75, 3.05) is 43.9 Å². The fourth-order valence-electron chi connectivity index (χ4n) is 7.20. The second-order valence-corrected chi connectivity index (χ2v) is 14.3. The third kappa shape index (κ3) is 6.50. The number of hydrogen-bond acceptors (Lipinski definition) is 10. The summed E-state index contributed by atoms with van der Waals surface area (Å²) in [5.41, 5.74) is 5.42. The first kappa shape index (κ1) is 34.7. The van der Waals surface area contributed by atoms with Gasteiger partial charge in [0.15, 0.2) is 5.82 Å². The minimum atomic E-state index is -0.986. The summed E-state index contributed by atoms with van der Waals surface area (Å²) < 4.78 is 71.3. The second kappa shape index (κ2) is 13.8. The van der Waals surface area contributed by atoms with Gasteiger partial charge in [-0.2, -0.15) is 15.2 Å². The van der Waals surface area contributed by atoms with E-state index in [-0.39, 0.29) is 84.9 Å². The number of esters is 1. The number of rotatable bonds is 10. The molecule has 0 amide bonds. The van der Waals surface area contributed by atoms with Crippen LogP contribution >= 0.6 is 22.9 Å². The molecule has 2 fully saturated rings. The number of halogens is 5. The van der Waals surface area contributed by atoms with E-state index in [0.29, 0.717) is 19.4 Å². The highest BCUT2D eigenvalue weighted by Crippen LogP contribution is 2.46. The van der Waals surface area contributed by atoms with E-state index in [0.717, 1.165) is 42.9 Å². The van der Waals surface area contributed by atoms with E-state index in [1.54, 1.807) is 11.9 Å². The fourth-order valence-corrected chi connectivity index (χ4v) is 8.44. The van der Waals surface area contributed by atoms with E-state index in [1.807, 2.05) is 6.07 Å². The van der Waals surface area contributed by atoms with Gasteiger partial charge in [-0.05, 0) is 55.6 Å². The zero-order chi connectivity index (χ0) is 36.0. The van der Waals surface area contributed by atoms with Crippen molar-refractivity contribution in [2.45, 2.75) is 43.8 Å². The Bertz CT molecular complexity index is 2230. The molecule has 0 bridgehead atoms. The Morgan fingerprint density at radius 3 is 2.84 bits per heavy atom. The zero-order valence-corrected chi connectivity index (χ0v) is 28.9. The zero-order valence-electron chi connectivity index (χ0n) is 27.3. The summed E-state index contributed by atoms with van der Waals surface area (Å²) in [5, 5.41) is 10.2. The molecule has 0 spiro atoms. The highest BCUT2D eigenvalue weighted by atomic mass is 35.5. The third-order valence-electron chi connectivity index (χ3n) is 9.54. The first-order valence-corrected chi connectivity index (χ1v) is 17.5. The Kier molecular flexibility index (Phi) is 9.38. The van der Waals surface area contributed by atoms with Crippen molar-refractivity contribution < 1.29 is 31.8 Å². The summed E-state index contributed by atoms with van der Waals surface area (Å²) in [4.78, 5) is 25.4. The van der Waals surface area contributed by atoms with Crippen molar-refractivity contribution in [2.24, 2.45) is 0 Å². The molecule has 2 saturated heterocycles. The Balaban J connectivity index is 1.26. The van der Waals surface area contributed by atoms with E-state index in [9.17, 15) is 23.2 Å². The van der Waals surface area contributed by atoms with Crippen LogP contribution in [0.5, 0.6) is 11.8 Å². The first-order valence-electron chi connectivity index (χ1n) is 16.3. The third-order valence-corrected chi connectivity index (χ3v) is 10.9. The lowest BCUT2D eigenvalue weighted by atomic mass is 9.95. The van der Waals surface area contributed by atoms with Gasteiger partial charge in [-0.25, -0.2) is 17.6 Å². The quantitative estimate of drug-likeness (QED) is 0.0870. The highest BCUT2D eigenvalue weighted by molar-refractivity contribution is 7.23. The Hall–Kier alpha value is -4.71. The number of benzene rings is 3. The van der Waals surface area contributed by atoms with Crippen molar-refractivity contribution in [3.8, 4) is 29.0 Å². The Morgan fingerprint density at radius 1 is 1.24 bits per heavy atom. The molecule has 2 aliphatic rings. The lowest BCUT2D eigenvalue weighted by molar-refractivity contribution is -0.134. The summed E-state index contributed by atoms with van der Waals surface area (Å²) in [6.07, 6.45) is 1.23. The van der Waals surface area contributed by atoms with Gasteiger partial charge in [-0.15, -0.1) is 11.3 Å². The van der Waals surface area contributed by atoms with Gasteiger partial charge in [-0.3, -0.25) is 9.69 Å². The Morgan fingerprint density at radius 2 is 2.06 bits per heavy atom. The SMILES string of the molecule is CN(CCCC(=O)Oc1cccc(F)c1)c1nc(OC[C@@]23CCCN2C[C@H](F)C3)nc2c(F)c(-c3ccc(F)c4sc(N)c(C#N)c34)c(Cl)cc12. The monoisotopic (exact) mass is 738 g/mol. The molecular formula is C36H31ClF4N6O3S. The molecule has 7 rings (SSSR count). The van der Waals surface area contributed by atoms with E-state index in [2.05, 4.69) is 14.9 Å². The van der Waals surface area contributed by atoms with Crippen LogP contribution in [0.25, 0.3) is 32.1 Å². The largest absolute Gasteiger partial charge is 0.461 e. The first-order chi connectivity index (χ1) is 24.5. The predicted octanol–water partition coefficient (Wildman–Crippen LogP) is 7.81. The van der Waals surface area contributed by atoms with Gasteiger partial charge in [0.25, 0.3) is 0 Å². The highest BCUT2D eigenvalue weighted by Gasteiger charge is 2.49. The molecule has 5 aromatic rings. The molecule has 51 heavy (non-hydrogen) atoms. The van der Waals surface area contributed by atoms with Crippen LogP contribution in [0.3, 0.4) is 0 Å². The maximum absolute atomic E-state index is 16.9. The number of anilines is 2. The number of ether oxygens (including phenoxy) is 2. The van der Waals surface area contributed by atoms with Crippen LogP contribution < -0.4 is 20.1 Å². The molecule has 0 saturated carbocycles. The molecule has 264 valence electrons. The number of aromatic nitrogens is 2. The van der Waals surface area contributed by atoms with Crippen molar-refractivity contribution in [1.82, 2.24) is 14.9 Å². The van der Waals surface area contributed by atoms with Crippen LogP contribution in [0.15, 0.2) is 42.5 Å². The average Bonchev–Trinajstić information content (AvgIpc) is 3.74. The molecule has 2 N–H and O–H groups in total. The van der Waals surface area contributed by atoms with E-state index in [1.165, 1.54) is 30.3 Å². The number of nitrogen functional groups attached to an aromatic ring is 1. The normalized spacial score (nSPS) is 18.6. The lowest BCUT2D eigenvalue weighted by Crippen LogP contribution is -2.43. The molecular weight excluding hydrogens is 708 g/mol. The molecule has 15 heteroatoms. The van der Waals surface area contributed by atoms with Gasteiger partial charge in [0.05, 0.1) is 20.8 Å². The summed E-state index contributed by atoms with van der Waals surface area (Å²) >= 11 is 7.66. The number of nitriles is 1. The number of fused-ring (bicyclic) bond motifs is 3. The van der Waals surface area contributed by atoms with Crippen LogP contribution in [0, 0.1) is 28.8 Å². The topological polar surface area (TPSA) is 118 Å². The van der Waals surface area contributed by atoms with Gasteiger partial charge in [0, 0.05) is 55.4 Å². The minimum absolute atomic E-state index is 0.00576. The van der Waals surface area contributed by atoms with Crippen LogP contribution in [-0.2, 0) is 4.79 Å². The number of carbonyl (C=O) groups excluding carboxylic acids is 1. The smallest absolute Gasteiger partial charge is 0.319 e. The molecule has 0 radical (unpaired) electrons. The lowest BCUT2D eigenvalue weighted by Gasteiger charge is -2.31. The number of carbonyl (C=O) groups is 1. The van der Waals surface area contributed by atoms with Gasteiger partial charge >= 0.3 is 12.0 Å². The van der Waals surface area contributed by atoms with Crippen LogP contribution in [0.1, 0.15) is 37.7 Å². The van der Waals surface area contributed by atoms with Crippen LogP contribution in [-0.4, -0.2) is 65.8 Å². The molecule has 9 nitrogen and oxygen atoms in total. The van der Waals surface area contributed by atoms with Crippen LogP contribution in [0.2, 0.25) is 5.02 Å². The number of hydrogen-bond donors (Lipinski definition) is 1. The summed E-state index contributed by atoms with van der Waals surface area (Å²) in [6, 6.07) is 11.1. The van der Waals surface area contributed by atoms with Gasteiger partial charge in [0.2, 0.25) is 0 Å². The van der Waals surface area contributed by atoms with Crippen LogP contribution in [0.4, 0.5) is 28.4 Å². The van der Waals surface area contributed by atoms with Gasteiger partial charge in [-0.1, -0.05) is 23.7 Å². The van der Waals surface area contributed by atoms with E-state index >= 15 is 4.39 Å². The standard InChI is InChI=1S/C36H31ClF4N6O3S/c1-46(11-3-7-27(48)50-21-6-2-5-19(38)13-21)34-23-14-25(37)29(22-8-9-26(40)32-28(22)24(16-42)33(43)51-32)30(41)31(23)44-35(45-34)49-18-36-10-4-12-47(36)17-20(39)15-36/h2,5-6,8-9,13-14,20H,3-4,7,10-12,15,17-18,43H2,1H3/t20-,36+/m1/s1. The molecule has 0 unspecified atom stereocenters. The molecule has 4 heterocycles. The minimum Gasteiger partial charge on any atom is -0.461 e. The summed E-state index contributed by atoms with van der Waals surface area (Å²) in [5.74, 6) is -2.24. The molecule has 0 aliphatic carbocycles. The van der Waals surface area contributed by atoms with Crippen molar-refractivity contribution in [3.63, 3.8) is 0 Å². The maximum Gasteiger partial charge on any atom is 0.319 e. The number of thiophene rings is 1. The average molecular weight is 739 g/mol. The second-order valence-electron chi connectivity index (χ2n) is 12.8. The van der Waals surface area contributed by atoms with E-state index < -0.39 is 35.1 Å². The number of alkyl halides is 1. The van der Waals surface area contributed by atoms with Crippen molar-refractivity contribution in [1.29, 1.82) is 5.26 Å². The summed E-state index contributed by atoms with van der Waals surface area (Å²) in [7, 11) is 1.70. The maximum atomic E-state index is 16.9. The number of nitrogens with two attached hydrogens (primary N) is 1. The van der Waals surface area contributed by atoms with Crippen molar-refractivity contribution in [3.05, 3.63) is 70.5 Å². The molecule has 3 aromatic carbocycles. The van der Waals surface area contributed by atoms with Crippen molar-refractivity contribution >= 4 is 60.7 Å². The predicted molar refractivity (Wildman–Crippen MR) is 187 cm³/mol. The van der Waals surface area contributed by atoms with E-state index in [4.69, 9.17) is 26.8 Å². The number of nitrogens with zero attached hydrogens (tertiary/aromatic N) is 5. The Labute approximate surface area is 299 Å². The molecule has 2 atom stereocenters.